The molecule has 4 aliphatic rings. The number of carbonyl (C=O) groups is 3. The highest BCUT2D eigenvalue weighted by molar-refractivity contribution is 5.93. The molecule has 0 bridgehead atoms. The molecule has 0 heterocycles. The number of carbonyl (C=O) groups excluding carboxylic acids is 3. The zero-order chi connectivity index (χ0) is 27.9. The van der Waals surface area contributed by atoms with Crippen molar-refractivity contribution in [2.24, 2.45) is 33.7 Å². The van der Waals surface area contributed by atoms with Gasteiger partial charge in [0.1, 0.15) is 17.8 Å². The van der Waals surface area contributed by atoms with Gasteiger partial charge in [-0.3, -0.25) is 9.59 Å². The summed E-state index contributed by atoms with van der Waals surface area (Å²) in [5.74, 6) is 0.546. The second kappa shape index (κ2) is 10.6. The van der Waals surface area contributed by atoms with E-state index in [4.69, 9.17) is 18.9 Å². The van der Waals surface area contributed by atoms with Crippen LogP contribution in [0.5, 0.6) is 0 Å². The lowest BCUT2D eigenvalue weighted by Gasteiger charge is -2.59. The summed E-state index contributed by atoms with van der Waals surface area (Å²) in [6.07, 6.45) is 7.38. The van der Waals surface area contributed by atoms with Crippen LogP contribution in [0.2, 0.25) is 0 Å². The Kier molecular flexibility index (Phi) is 7.99. The summed E-state index contributed by atoms with van der Waals surface area (Å²) in [5.41, 5.74) is 3.20. The van der Waals surface area contributed by atoms with Crippen molar-refractivity contribution in [1.82, 2.24) is 5.43 Å². The number of ether oxygens (including phenoxy) is 4. The van der Waals surface area contributed by atoms with Crippen molar-refractivity contribution in [1.29, 1.82) is 0 Å². The van der Waals surface area contributed by atoms with Crippen LogP contribution in [0, 0.1) is 28.6 Å². The van der Waals surface area contributed by atoms with Gasteiger partial charge in [-0.25, -0.2) is 10.2 Å². The molecule has 0 aliphatic heterocycles. The van der Waals surface area contributed by atoms with E-state index in [1.54, 1.807) is 14.0 Å². The van der Waals surface area contributed by atoms with Crippen LogP contribution in [0.4, 0.5) is 4.79 Å². The number of rotatable bonds is 6. The lowest BCUT2D eigenvalue weighted by Crippen LogP contribution is -2.61. The number of fused-ring (bicyclic) bond motifs is 5. The molecule has 38 heavy (non-hydrogen) atoms. The molecule has 0 unspecified atom stereocenters. The number of allylic oxidation sites excluding steroid dienone is 1. The molecule has 1 N–H and O–H groups in total. The maximum atomic E-state index is 12.3. The summed E-state index contributed by atoms with van der Waals surface area (Å²) in [4.78, 5) is 35.9. The van der Waals surface area contributed by atoms with Gasteiger partial charge in [0.05, 0.1) is 12.3 Å². The Labute approximate surface area is 226 Å². The fraction of sp³-hybridized carbons (Fsp3) is 0.793. The van der Waals surface area contributed by atoms with Gasteiger partial charge >= 0.3 is 18.0 Å². The van der Waals surface area contributed by atoms with Crippen LogP contribution < -0.4 is 5.43 Å². The summed E-state index contributed by atoms with van der Waals surface area (Å²) in [5, 5.41) is 4.40. The standard InChI is InChI=1S/C29H44N2O7/c1-8-36-26(34)31-30-17(2)29(35-7)25(38-19(4)33)16-24-22-10-9-20-15-21(37-18(3)32)11-13-27(20,5)23(22)12-14-28(24,29)6/h9,21-25H,8,10-16H2,1-7H3,(H,31,34)/b30-17-/t21-,22+,23-,24-,25+,27-,28-,29-/m0/s1. The van der Waals surface area contributed by atoms with Crippen molar-refractivity contribution >= 4 is 23.7 Å². The average Bonchev–Trinajstić information content (AvgIpc) is 3.10. The van der Waals surface area contributed by atoms with Crippen molar-refractivity contribution in [3.8, 4) is 0 Å². The van der Waals surface area contributed by atoms with Crippen LogP contribution in [-0.4, -0.2) is 55.3 Å². The van der Waals surface area contributed by atoms with Gasteiger partial charge in [0.2, 0.25) is 0 Å². The van der Waals surface area contributed by atoms with Crippen LogP contribution in [0.25, 0.3) is 0 Å². The second-order valence-corrected chi connectivity index (χ2v) is 12.0. The van der Waals surface area contributed by atoms with E-state index >= 15 is 0 Å². The molecule has 0 aromatic carbocycles. The highest BCUT2D eigenvalue weighted by Crippen LogP contribution is 2.68. The van der Waals surface area contributed by atoms with E-state index in [0.717, 1.165) is 38.5 Å². The second-order valence-electron chi connectivity index (χ2n) is 12.0. The average molecular weight is 533 g/mol. The third-order valence-corrected chi connectivity index (χ3v) is 10.3. The molecule has 0 aromatic heterocycles. The monoisotopic (exact) mass is 532 g/mol. The maximum absolute atomic E-state index is 12.3. The zero-order valence-electron chi connectivity index (χ0n) is 23.9. The molecule has 4 rings (SSSR count). The van der Waals surface area contributed by atoms with Crippen LogP contribution in [0.15, 0.2) is 16.8 Å². The Morgan fingerprint density at radius 2 is 1.76 bits per heavy atom. The van der Waals surface area contributed by atoms with Crippen LogP contribution in [-0.2, 0) is 28.5 Å². The lowest BCUT2D eigenvalue weighted by molar-refractivity contribution is -0.167. The van der Waals surface area contributed by atoms with Gasteiger partial charge in [0, 0.05) is 32.8 Å². The Balaban J connectivity index is 1.68. The molecule has 4 aliphatic carbocycles. The van der Waals surface area contributed by atoms with Crippen molar-refractivity contribution in [2.45, 2.75) is 104 Å². The van der Waals surface area contributed by atoms with Crippen molar-refractivity contribution < 1.29 is 33.3 Å². The number of esters is 2. The summed E-state index contributed by atoms with van der Waals surface area (Å²) in [7, 11) is 1.65. The van der Waals surface area contributed by atoms with E-state index in [1.165, 1.54) is 19.4 Å². The molecule has 3 fully saturated rings. The molecular formula is C29H44N2O7. The first kappa shape index (κ1) is 28.6. The number of nitrogens with zero attached hydrogens (tertiary/aromatic N) is 1. The lowest BCUT2D eigenvalue weighted by atomic mass is 9.46. The van der Waals surface area contributed by atoms with Gasteiger partial charge < -0.3 is 18.9 Å². The Morgan fingerprint density at radius 3 is 2.39 bits per heavy atom. The third-order valence-electron chi connectivity index (χ3n) is 10.3. The van der Waals surface area contributed by atoms with Crippen LogP contribution in [0.3, 0.4) is 0 Å². The fourth-order valence-electron chi connectivity index (χ4n) is 8.81. The molecular weight excluding hydrogens is 488 g/mol. The smallest absolute Gasteiger partial charge is 0.427 e. The molecule has 212 valence electrons. The first-order valence-corrected chi connectivity index (χ1v) is 14.0. The summed E-state index contributed by atoms with van der Waals surface area (Å²) in [6.45, 7) is 11.3. The fourth-order valence-corrected chi connectivity index (χ4v) is 8.81. The number of hydrazone groups is 1. The maximum Gasteiger partial charge on any atom is 0.427 e. The minimum Gasteiger partial charge on any atom is -0.462 e. The summed E-state index contributed by atoms with van der Waals surface area (Å²) < 4.78 is 22.9. The number of amides is 1. The van der Waals surface area contributed by atoms with E-state index in [9.17, 15) is 14.4 Å². The van der Waals surface area contributed by atoms with Gasteiger partial charge in [-0.05, 0) is 75.5 Å². The Morgan fingerprint density at radius 1 is 1.05 bits per heavy atom. The normalized spacial score (nSPS) is 40.1. The summed E-state index contributed by atoms with van der Waals surface area (Å²) >= 11 is 0. The number of nitrogens with one attached hydrogen (secondary N) is 1. The van der Waals surface area contributed by atoms with E-state index in [2.05, 4.69) is 30.5 Å². The molecule has 9 nitrogen and oxygen atoms in total. The minimum atomic E-state index is -0.980. The molecule has 0 saturated heterocycles. The van der Waals surface area contributed by atoms with Crippen LogP contribution in [0.1, 0.15) is 86.5 Å². The summed E-state index contributed by atoms with van der Waals surface area (Å²) in [6, 6.07) is 0. The predicted molar refractivity (Wildman–Crippen MR) is 141 cm³/mol. The largest absolute Gasteiger partial charge is 0.462 e. The number of hydrogen-bond donors (Lipinski definition) is 1. The molecule has 1 amide bonds. The first-order valence-electron chi connectivity index (χ1n) is 14.0. The molecule has 8 atom stereocenters. The highest BCUT2D eigenvalue weighted by Gasteiger charge is 2.70. The van der Waals surface area contributed by atoms with Crippen LogP contribution >= 0.6 is 0 Å². The van der Waals surface area contributed by atoms with Crippen molar-refractivity contribution in [3.05, 3.63) is 11.6 Å². The van der Waals surface area contributed by atoms with E-state index in [0.29, 0.717) is 24.0 Å². The van der Waals surface area contributed by atoms with E-state index in [1.807, 2.05) is 6.92 Å². The number of methoxy groups -OCH3 is 1. The van der Waals surface area contributed by atoms with Crippen molar-refractivity contribution in [2.75, 3.05) is 13.7 Å². The van der Waals surface area contributed by atoms with Gasteiger partial charge in [-0.1, -0.05) is 25.5 Å². The highest BCUT2D eigenvalue weighted by atomic mass is 16.6. The molecule has 0 radical (unpaired) electrons. The minimum absolute atomic E-state index is 0.0380. The number of hydrogen-bond acceptors (Lipinski definition) is 8. The van der Waals surface area contributed by atoms with Gasteiger partial charge in [-0.15, -0.1) is 0 Å². The topological polar surface area (TPSA) is 113 Å². The molecule has 0 aromatic rings. The predicted octanol–water partition coefficient (Wildman–Crippen LogP) is 4.93. The van der Waals surface area contributed by atoms with Gasteiger partial charge in [0.15, 0.2) is 0 Å². The Hall–Kier alpha value is -2.42. The van der Waals surface area contributed by atoms with Crippen molar-refractivity contribution in [3.63, 3.8) is 0 Å². The molecule has 3 saturated carbocycles. The first-order chi connectivity index (χ1) is 17.9. The zero-order valence-corrected chi connectivity index (χ0v) is 23.9. The van der Waals surface area contributed by atoms with Gasteiger partial charge in [-0.2, -0.15) is 5.10 Å². The van der Waals surface area contributed by atoms with Gasteiger partial charge in [0.25, 0.3) is 0 Å². The van der Waals surface area contributed by atoms with E-state index in [-0.39, 0.29) is 41.4 Å². The Bertz CT molecular complexity index is 1020. The molecule has 0 spiro atoms. The SMILES string of the molecule is CCOC(=O)N/N=C(/C)[C@]1(OC)[C@H](OC(C)=O)C[C@H]2[C@@H]3CC=C4C[C@@H](OC(C)=O)CC[C@]4(C)[C@H]3CC[C@@]21C. The quantitative estimate of drug-likeness (QED) is 0.170. The molecule has 9 heteroatoms. The third kappa shape index (κ3) is 4.54. The van der Waals surface area contributed by atoms with E-state index < -0.39 is 17.8 Å².